The molecule has 470 valence electrons. The lowest BCUT2D eigenvalue weighted by molar-refractivity contribution is -0.143. The van der Waals surface area contributed by atoms with E-state index in [4.69, 9.17) is 4.74 Å². The zero-order valence-corrected chi connectivity index (χ0v) is 53.8. The number of hydrogen-bond acceptors (Lipinski definition) is 5. The summed E-state index contributed by atoms with van der Waals surface area (Å²) in [5.74, 6) is -0.0652. The van der Waals surface area contributed by atoms with E-state index in [1.807, 2.05) is 6.08 Å². The highest BCUT2D eigenvalue weighted by molar-refractivity contribution is 5.76. The molecule has 2 atom stereocenters. The van der Waals surface area contributed by atoms with Crippen LogP contribution in [0, 0.1) is 0 Å². The van der Waals surface area contributed by atoms with Crippen molar-refractivity contribution in [1.82, 2.24) is 5.32 Å². The van der Waals surface area contributed by atoms with Crippen molar-refractivity contribution >= 4 is 11.9 Å². The van der Waals surface area contributed by atoms with Crippen LogP contribution in [0.1, 0.15) is 386 Å². The molecule has 0 saturated carbocycles. The number of aliphatic hydroxyl groups excluding tert-OH is 2. The van der Waals surface area contributed by atoms with E-state index in [0.29, 0.717) is 19.4 Å². The second-order valence-corrected chi connectivity index (χ2v) is 24.6. The minimum Gasteiger partial charge on any atom is -0.466 e. The Hall–Kier alpha value is -2.18. The molecule has 1 amide bonds. The second kappa shape index (κ2) is 69.3. The summed E-state index contributed by atoms with van der Waals surface area (Å²) >= 11 is 0. The van der Waals surface area contributed by atoms with Gasteiger partial charge >= 0.3 is 5.97 Å². The fourth-order valence-corrected chi connectivity index (χ4v) is 11.1. The van der Waals surface area contributed by atoms with Crippen LogP contribution in [0.3, 0.4) is 0 Å². The molecule has 0 spiro atoms. The van der Waals surface area contributed by atoms with Gasteiger partial charge in [-0.1, -0.05) is 332 Å². The summed E-state index contributed by atoms with van der Waals surface area (Å²) < 4.78 is 5.49. The van der Waals surface area contributed by atoms with Gasteiger partial charge in [0.2, 0.25) is 5.91 Å². The van der Waals surface area contributed by atoms with Gasteiger partial charge in [-0.05, 0) is 89.9 Å². The second-order valence-electron chi connectivity index (χ2n) is 24.6. The predicted molar refractivity (Wildman–Crippen MR) is 352 cm³/mol. The molecule has 0 heterocycles. The lowest BCUT2D eigenvalue weighted by Crippen LogP contribution is -2.45. The van der Waals surface area contributed by atoms with Gasteiger partial charge in [-0.15, -0.1) is 0 Å². The maximum atomic E-state index is 12.5. The zero-order chi connectivity index (χ0) is 57.8. The third-order valence-corrected chi connectivity index (χ3v) is 16.6. The fraction of sp³-hybridized carbons (Fsp3) is 0.865. The van der Waals surface area contributed by atoms with Crippen molar-refractivity contribution in [2.75, 3.05) is 13.2 Å². The van der Waals surface area contributed by atoms with Gasteiger partial charge in [-0.2, -0.15) is 0 Å². The minimum absolute atomic E-state index is 0.00311. The first-order chi connectivity index (χ1) is 39.5. The Balaban J connectivity index is 3.44. The van der Waals surface area contributed by atoms with E-state index < -0.39 is 12.1 Å². The average molecular weight is 1120 g/mol. The number of nitrogens with one attached hydrogen (secondary N) is 1. The first kappa shape index (κ1) is 77.8. The van der Waals surface area contributed by atoms with Crippen LogP contribution in [0.4, 0.5) is 0 Å². The van der Waals surface area contributed by atoms with Gasteiger partial charge in [-0.25, -0.2) is 0 Å². The van der Waals surface area contributed by atoms with Gasteiger partial charge in [0.15, 0.2) is 0 Å². The van der Waals surface area contributed by atoms with Crippen molar-refractivity contribution in [2.24, 2.45) is 0 Å². The third kappa shape index (κ3) is 65.0. The number of allylic oxidation sites excluding steroid dienone is 7. The number of amides is 1. The van der Waals surface area contributed by atoms with Gasteiger partial charge in [0.05, 0.1) is 25.4 Å². The Morgan fingerprint density at radius 2 is 0.625 bits per heavy atom. The highest BCUT2D eigenvalue weighted by Gasteiger charge is 2.18. The van der Waals surface area contributed by atoms with Crippen molar-refractivity contribution in [3.63, 3.8) is 0 Å². The predicted octanol–water partition coefficient (Wildman–Crippen LogP) is 23.3. The number of hydrogen-bond donors (Lipinski definition) is 3. The molecule has 0 saturated heterocycles. The fourth-order valence-electron chi connectivity index (χ4n) is 11.1. The molecule has 0 aliphatic heterocycles. The Kier molecular flexibility index (Phi) is 67.4. The summed E-state index contributed by atoms with van der Waals surface area (Å²) in [4.78, 5) is 24.6. The van der Waals surface area contributed by atoms with E-state index in [0.717, 1.165) is 51.4 Å². The Labute approximate surface area is 499 Å². The van der Waals surface area contributed by atoms with Crippen molar-refractivity contribution < 1.29 is 24.5 Å². The van der Waals surface area contributed by atoms with Gasteiger partial charge in [0, 0.05) is 12.8 Å². The number of carbonyl (C=O) groups excluding carboxylic acids is 2. The SMILES string of the molecule is CCCCCCCCC/C=C\CCCCCCCC(=O)OCCCCCCCCCCC/C=C\C/C=C\CCCCCCCCCCCCCC(=O)NC(CO)C(O)/C=C/CCCCCCCCCCCCCCCCCCCC. The summed E-state index contributed by atoms with van der Waals surface area (Å²) in [5, 5.41) is 23.2. The van der Waals surface area contributed by atoms with Gasteiger partial charge in [-0.3, -0.25) is 9.59 Å². The zero-order valence-electron chi connectivity index (χ0n) is 53.8. The first-order valence-corrected chi connectivity index (χ1v) is 35.9. The molecule has 3 N–H and O–H groups in total. The van der Waals surface area contributed by atoms with Gasteiger partial charge in [0.1, 0.15) is 0 Å². The van der Waals surface area contributed by atoms with E-state index in [1.54, 1.807) is 6.08 Å². The molecule has 0 rings (SSSR count). The van der Waals surface area contributed by atoms with Crippen LogP contribution in [0.2, 0.25) is 0 Å². The van der Waals surface area contributed by atoms with Crippen LogP contribution in [-0.4, -0.2) is 47.4 Å². The molecule has 6 heteroatoms. The lowest BCUT2D eigenvalue weighted by atomic mass is 10.0. The number of rotatable bonds is 67. The topological polar surface area (TPSA) is 95.9 Å². The quantitative estimate of drug-likeness (QED) is 0.0320. The Bertz CT molecular complexity index is 1340. The molecule has 0 aliphatic carbocycles. The van der Waals surface area contributed by atoms with Gasteiger partial charge < -0.3 is 20.3 Å². The molecule has 0 aromatic heterocycles. The molecular formula is C74H139NO5. The van der Waals surface area contributed by atoms with E-state index >= 15 is 0 Å². The van der Waals surface area contributed by atoms with E-state index in [1.165, 1.54) is 308 Å². The Morgan fingerprint density at radius 1 is 0.350 bits per heavy atom. The third-order valence-electron chi connectivity index (χ3n) is 16.6. The number of carbonyl (C=O) groups is 2. The smallest absolute Gasteiger partial charge is 0.305 e. The van der Waals surface area contributed by atoms with E-state index in [9.17, 15) is 19.8 Å². The van der Waals surface area contributed by atoms with E-state index in [-0.39, 0.29) is 18.5 Å². The number of unbranched alkanes of at least 4 members (excludes halogenated alkanes) is 50. The summed E-state index contributed by atoms with van der Waals surface area (Å²) in [6.07, 6.45) is 90.4. The molecular weight excluding hydrogens is 983 g/mol. The summed E-state index contributed by atoms with van der Waals surface area (Å²) in [5.41, 5.74) is 0. The highest BCUT2D eigenvalue weighted by Crippen LogP contribution is 2.18. The summed E-state index contributed by atoms with van der Waals surface area (Å²) in [6.45, 7) is 4.92. The largest absolute Gasteiger partial charge is 0.466 e. The van der Waals surface area contributed by atoms with Crippen LogP contribution in [0.25, 0.3) is 0 Å². The summed E-state index contributed by atoms with van der Waals surface area (Å²) in [6, 6.07) is -0.632. The molecule has 0 aliphatic rings. The molecule has 80 heavy (non-hydrogen) atoms. The van der Waals surface area contributed by atoms with Crippen molar-refractivity contribution in [2.45, 2.75) is 398 Å². The minimum atomic E-state index is -0.848. The van der Waals surface area contributed by atoms with Crippen LogP contribution in [0.15, 0.2) is 48.6 Å². The monoisotopic (exact) mass is 1120 g/mol. The van der Waals surface area contributed by atoms with E-state index in [2.05, 4.69) is 55.6 Å². The maximum absolute atomic E-state index is 12.5. The molecule has 0 aromatic carbocycles. The van der Waals surface area contributed by atoms with Crippen LogP contribution >= 0.6 is 0 Å². The van der Waals surface area contributed by atoms with Crippen molar-refractivity contribution in [3.05, 3.63) is 48.6 Å². The summed E-state index contributed by atoms with van der Waals surface area (Å²) in [7, 11) is 0. The molecule has 0 bridgehead atoms. The maximum Gasteiger partial charge on any atom is 0.305 e. The lowest BCUT2D eigenvalue weighted by Gasteiger charge is -2.20. The highest BCUT2D eigenvalue weighted by atomic mass is 16.5. The van der Waals surface area contributed by atoms with Crippen molar-refractivity contribution in [1.29, 1.82) is 0 Å². The van der Waals surface area contributed by atoms with Crippen molar-refractivity contribution in [3.8, 4) is 0 Å². The normalized spacial score (nSPS) is 12.8. The van der Waals surface area contributed by atoms with Crippen LogP contribution in [-0.2, 0) is 14.3 Å². The number of esters is 1. The number of ether oxygens (including phenoxy) is 1. The van der Waals surface area contributed by atoms with Crippen LogP contribution < -0.4 is 5.32 Å². The molecule has 2 unspecified atom stereocenters. The molecule has 0 fully saturated rings. The standard InChI is InChI=1S/C74H139NO5/c1-3-5-7-9-11-13-15-17-19-21-22-32-35-38-42-46-50-54-58-62-66-72(77)71(70-76)75-73(78)67-63-59-55-51-47-43-39-36-33-30-28-26-24-23-25-27-29-31-34-37-41-45-49-53-57-61-65-69-80-74(79)68-64-60-56-52-48-44-40-20-18-16-14-12-10-8-6-4-2/h20,23-24,27,29,40,62,66,71-72,76-77H,3-19,21-22,25-26,28,30-39,41-61,63-65,67-70H2,1-2H3,(H,75,78)/b24-23-,29-27-,40-20-,66-62+. The molecule has 0 aromatic rings. The average Bonchev–Trinajstić information content (AvgIpc) is 3.46. The Morgan fingerprint density at radius 3 is 0.963 bits per heavy atom. The molecule has 6 nitrogen and oxygen atoms in total. The number of aliphatic hydroxyl groups is 2. The first-order valence-electron chi connectivity index (χ1n) is 35.9. The van der Waals surface area contributed by atoms with Crippen LogP contribution in [0.5, 0.6) is 0 Å². The molecule has 0 radical (unpaired) electrons. The van der Waals surface area contributed by atoms with Gasteiger partial charge in [0.25, 0.3) is 0 Å².